The minimum atomic E-state index is -4.02. The van der Waals surface area contributed by atoms with Crippen LogP contribution in [0, 0.1) is 12.3 Å². The number of nitrogens with one attached hydrogen (secondary N) is 2. The van der Waals surface area contributed by atoms with Gasteiger partial charge in [-0.2, -0.15) is 4.72 Å². The van der Waals surface area contributed by atoms with Crippen molar-refractivity contribution < 1.29 is 32.6 Å². The zero-order chi connectivity index (χ0) is 28.2. The predicted molar refractivity (Wildman–Crippen MR) is 144 cm³/mol. The highest BCUT2D eigenvalue weighted by Gasteiger charge is 2.33. The fourth-order valence-electron chi connectivity index (χ4n) is 3.96. The molecule has 0 aromatic heterocycles. The van der Waals surface area contributed by atoms with Crippen molar-refractivity contribution in [1.29, 1.82) is 5.41 Å². The zero-order valence-corrected chi connectivity index (χ0v) is 21.9. The van der Waals surface area contributed by atoms with E-state index in [1.807, 2.05) is 6.92 Å². The van der Waals surface area contributed by atoms with Crippen molar-refractivity contribution in [3.8, 4) is 5.75 Å². The van der Waals surface area contributed by atoms with Crippen molar-refractivity contribution in [3.63, 3.8) is 0 Å². The van der Waals surface area contributed by atoms with Crippen LogP contribution in [0.5, 0.6) is 5.75 Å². The van der Waals surface area contributed by atoms with Gasteiger partial charge in [0.25, 0.3) is 0 Å². The summed E-state index contributed by atoms with van der Waals surface area (Å²) in [6, 6.07) is 18.0. The van der Waals surface area contributed by atoms with E-state index in [9.17, 15) is 23.1 Å². The molecule has 39 heavy (non-hydrogen) atoms. The molecule has 3 aromatic carbocycles. The largest absolute Gasteiger partial charge is 0.490 e. The third-order valence-corrected chi connectivity index (χ3v) is 7.56. The summed E-state index contributed by atoms with van der Waals surface area (Å²) in [5.74, 6) is -0.933. The maximum Gasteiger partial charge on any atom is 0.414 e. The number of benzene rings is 3. The summed E-state index contributed by atoms with van der Waals surface area (Å²) >= 11 is 0. The summed E-state index contributed by atoms with van der Waals surface area (Å²) in [7, 11) is -4.02. The van der Waals surface area contributed by atoms with Crippen molar-refractivity contribution in [2.24, 2.45) is 5.73 Å². The minimum absolute atomic E-state index is 0.0131. The number of nitrogen functional groups attached to an aromatic ring is 1. The lowest BCUT2D eigenvalue weighted by atomic mass is 10.1. The summed E-state index contributed by atoms with van der Waals surface area (Å²) in [4.78, 5) is 25.6. The SMILES string of the molecule is Cc1ccc(S(=O)(=O)NC(Cc2ccc(OCC3CN(c4cccc(C(=N)N)c4)C(=O)O3)cc2)C(=O)O)cc1. The predicted octanol–water partition coefficient (Wildman–Crippen LogP) is 2.66. The lowest BCUT2D eigenvalue weighted by Gasteiger charge is -2.16. The number of cyclic esters (lactones) is 1. The Morgan fingerprint density at radius 1 is 1.18 bits per heavy atom. The molecule has 11 nitrogen and oxygen atoms in total. The van der Waals surface area contributed by atoms with Crippen LogP contribution in [-0.4, -0.2) is 56.7 Å². The van der Waals surface area contributed by atoms with Gasteiger partial charge in [0.05, 0.1) is 11.4 Å². The van der Waals surface area contributed by atoms with Gasteiger partial charge in [-0.15, -0.1) is 0 Å². The molecule has 1 saturated heterocycles. The van der Waals surface area contributed by atoms with Crippen LogP contribution < -0.4 is 20.1 Å². The number of carboxylic acid groups (broad SMARTS) is 1. The molecule has 0 saturated carbocycles. The topological polar surface area (TPSA) is 172 Å². The van der Waals surface area contributed by atoms with Gasteiger partial charge in [0.15, 0.2) is 6.10 Å². The number of aryl methyl sites for hydroxylation is 1. The molecule has 1 aliphatic heterocycles. The highest BCUT2D eigenvalue weighted by molar-refractivity contribution is 7.89. The van der Waals surface area contributed by atoms with E-state index in [4.69, 9.17) is 20.6 Å². The molecule has 1 aliphatic rings. The summed E-state index contributed by atoms with van der Waals surface area (Å²) in [5.41, 5.74) is 8.06. The molecule has 204 valence electrons. The number of ether oxygens (including phenoxy) is 2. The molecule has 12 heteroatoms. The number of hydrogen-bond acceptors (Lipinski definition) is 7. The zero-order valence-electron chi connectivity index (χ0n) is 21.0. The van der Waals surface area contributed by atoms with Crippen molar-refractivity contribution in [2.45, 2.75) is 30.4 Å². The maximum atomic E-state index is 12.6. The number of aliphatic carboxylic acids is 1. The summed E-state index contributed by atoms with van der Waals surface area (Å²) in [6.07, 6.45) is -1.15. The van der Waals surface area contributed by atoms with Gasteiger partial charge in [-0.25, -0.2) is 13.2 Å². The Kier molecular flexibility index (Phi) is 8.17. The minimum Gasteiger partial charge on any atom is -0.490 e. The number of carbonyl (C=O) groups is 2. The molecule has 2 atom stereocenters. The first-order valence-corrected chi connectivity index (χ1v) is 13.5. The van der Waals surface area contributed by atoms with Crippen LogP contribution in [-0.2, 0) is 26.0 Å². The summed E-state index contributed by atoms with van der Waals surface area (Å²) in [5, 5.41) is 17.2. The third kappa shape index (κ3) is 6.92. The first kappa shape index (κ1) is 27.6. The van der Waals surface area contributed by atoms with Crippen LogP contribution in [0.15, 0.2) is 77.7 Å². The Labute approximate surface area is 225 Å². The molecule has 0 spiro atoms. The first-order valence-electron chi connectivity index (χ1n) is 12.0. The molecule has 4 rings (SSSR count). The number of amides is 1. The van der Waals surface area contributed by atoms with Gasteiger partial charge in [-0.05, 0) is 55.3 Å². The number of nitrogens with two attached hydrogens (primary N) is 1. The number of carbonyl (C=O) groups excluding carboxylic acids is 1. The van der Waals surface area contributed by atoms with Crippen molar-refractivity contribution in [3.05, 3.63) is 89.5 Å². The molecule has 0 aliphatic carbocycles. The molecule has 1 heterocycles. The second kappa shape index (κ2) is 11.5. The van der Waals surface area contributed by atoms with Crippen molar-refractivity contribution >= 4 is 33.6 Å². The van der Waals surface area contributed by atoms with Crippen LogP contribution in [0.4, 0.5) is 10.5 Å². The Hall–Kier alpha value is -4.42. The van der Waals surface area contributed by atoms with E-state index in [1.54, 1.807) is 60.7 Å². The molecule has 0 bridgehead atoms. The average Bonchev–Trinajstić information content (AvgIpc) is 3.28. The molecule has 5 N–H and O–H groups in total. The van der Waals surface area contributed by atoms with Gasteiger partial charge < -0.3 is 20.3 Å². The third-order valence-electron chi connectivity index (χ3n) is 6.07. The van der Waals surface area contributed by atoms with Gasteiger partial charge in [-0.1, -0.05) is 42.0 Å². The monoisotopic (exact) mass is 552 g/mol. The molecule has 1 fully saturated rings. The van der Waals surface area contributed by atoms with E-state index in [1.165, 1.54) is 17.0 Å². The van der Waals surface area contributed by atoms with Gasteiger partial charge in [-0.3, -0.25) is 15.1 Å². The highest BCUT2D eigenvalue weighted by atomic mass is 32.2. The van der Waals surface area contributed by atoms with E-state index in [0.29, 0.717) is 22.6 Å². The number of carboxylic acids is 1. The van der Waals surface area contributed by atoms with Crippen LogP contribution in [0.25, 0.3) is 0 Å². The van der Waals surface area contributed by atoms with E-state index in [-0.39, 0.29) is 30.3 Å². The molecular formula is C27H28N4O7S. The Morgan fingerprint density at radius 2 is 1.87 bits per heavy atom. The number of nitrogens with zero attached hydrogens (tertiary/aromatic N) is 1. The first-order chi connectivity index (χ1) is 18.5. The molecule has 2 unspecified atom stereocenters. The number of hydrogen-bond donors (Lipinski definition) is 4. The highest BCUT2D eigenvalue weighted by Crippen LogP contribution is 2.24. The molecular weight excluding hydrogens is 524 g/mol. The van der Waals surface area contributed by atoms with E-state index < -0.39 is 34.2 Å². The maximum absolute atomic E-state index is 12.6. The van der Waals surface area contributed by atoms with Gasteiger partial charge in [0.2, 0.25) is 10.0 Å². The summed E-state index contributed by atoms with van der Waals surface area (Å²) < 4.78 is 38.7. The molecule has 1 amide bonds. The number of anilines is 1. The van der Waals surface area contributed by atoms with Gasteiger partial charge >= 0.3 is 12.1 Å². The van der Waals surface area contributed by atoms with Gasteiger partial charge in [0, 0.05) is 11.3 Å². The standard InChI is InChI=1S/C27H28N4O7S/c1-17-5-11-23(12-6-17)39(35,36)30-24(26(32)33)13-18-7-9-21(10-8-18)37-16-22-15-31(27(34)38-22)20-4-2-3-19(14-20)25(28)29/h2-12,14,22,24,30H,13,15-16H2,1H3,(H3,28,29)(H,32,33). The quantitative estimate of drug-likeness (QED) is 0.208. The van der Waals surface area contributed by atoms with Crippen LogP contribution >= 0.6 is 0 Å². The second-order valence-corrected chi connectivity index (χ2v) is 10.8. The Morgan fingerprint density at radius 3 is 2.51 bits per heavy atom. The van der Waals surface area contributed by atoms with Crippen LogP contribution in [0.3, 0.4) is 0 Å². The lowest BCUT2D eigenvalue weighted by Crippen LogP contribution is -2.42. The number of sulfonamides is 1. The van der Waals surface area contributed by atoms with E-state index in [2.05, 4.69) is 4.72 Å². The van der Waals surface area contributed by atoms with E-state index >= 15 is 0 Å². The molecule has 0 radical (unpaired) electrons. The smallest absolute Gasteiger partial charge is 0.414 e. The van der Waals surface area contributed by atoms with E-state index in [0.717, 1.165) is 5.56 Å². The number of amidine groups is 1. The Bertz CT molecular complexity index is 1470. The van der Waals surface area contributed by atoms with Crippen LogP contribution in [0.2, 0.25) is 0 Å². The normalized spacial score (nSPS) is 16.0. The summed E-state index contributed by atoms with van der Waals surface area (Å²) in [6.45, 7) is 2.16. The number of rotatable bonds is 11. The fourth-order valence-corrected chi connectivity index (χ4v) is 5.15. The lowest BCUT2D eigenvalue weighted by molar-refractivity contribution is -0.138. The average molecular weight is 553 g/mol. The molecule has 3 aromatic rings. The Balaban J connectivity index is 1.33. The fraction of sp³-hybridized carbons (Fsp3) is 0.222. The van der Waals surface area contributed by atoms with Crippen molar-refractivity contribution in [2.75, 3.05) is 18.1 Å². The second-order valence-electron chi connectivity index (χ2n) is 9.06. The van der Waals surface area contributed by atoms with Crippen LogP contribution in [0.1, 0.15) is 16.7 Å². The van der Waals surface area contributed by atoms with Gasteiger partial charge in [0.1, 0.15) is 24.2 Å². The van der Waals surface area contributed by atoms with Crippen molar-refractivity contribution in [1.82, 2.24) is 4.72 Å².